The minimum Gasteiger partial charge on any atom is -0.390 e. The Hall–Kier alpha value is -1.43. The molecule has 0 radical (unpaired) electrons. The molecule has 4 nitrogen and oxygen atoms in total. The Morgan fingerprint density at radius 1 is 1.37 bits per heavy atom. The van der Waals surface area contributed by atoms with Gasteiger partial charge in [-0.25, -0.2) is 13.8 Å². The minimum absolute atomic E-state index is 0.0660. The summed E-state index contributed by atoms with van der Waals surface area (Å²) >= 11 is 0. The number of halogens is 2. The standard InChI is InChI=1S/C13H19F2N3O/c1-3-16-11-9(14)8-10(15)12(17-11)18-6-4-13(2,19)5-7-18/h8,19H,3-7H2,1-2H3,(H,16,17). The lowest BCUT2D eigenvalue weighted by Gasteiger charge is -2.36. The highest BCUT2D eigenvalue weighted by Gasteiger charge is 2.29. The summed E-state index contributed by atoms with van der Waals surface area (Å²) in [4.78, 5) is 5.76. The first-order chi connectivity index (χ1) is 8.93. The van der Waals surface area contributed by atoms with Crippen LogP contribution in [0.1, 0.15) is 26.7 Å². The van der Waals surface area contributed by atoms with Crippen LogP contribution in [0.2, 0.25) is 0 Å². The highest BCUT2D eigenvalue weighted by atomic mass is 19.1. The topological polar surface area (TPSA) is 48.4 Å². The third kappa shape index (κ3) is 3.12. The van der Waals surface area contributed by atoms with Gasteiger partial charge in [0.15, 0.2) is 23.3 Å². The van der Waals surface area contributed by atoms with Gasteiger partial charge in [0.25, 0.3) is 0 Å². The van der Waals surface area contributed by atoms with E-state index < -0.39 is 17.2 Å². The normalized spacial score (nSPS) is 18.5. The van der Waals surface area contributed by atoms with Crippen LogP contribution in [-0.2, 0) is 0 Å². The van der Waals surface area contributed by atoms with Crippen LogP contribution in [0.15, 0.2) is 6.07 Å². The Bertz CT molecular complexity index is 455. The molecule has 0 bridgehead atoms. The summed E-state index contributed by atoms with van der Waals surface area (Å²) in [5, 5.41) is 12.6. The molecular weight excluding hydrogens is 252 g/mol. The summed E-state index contributed by atoms with van der Waals surface area (Å²) in [6.45, 7) is 5.12. The zero-order valence-electron chi connectivity index (χ0n) is 11.2. The molecule has 6 heteroatoms. The van der Waals surface area contributed by atoms with Crippen LogP contribution in [0, 0.1) is 11.6 Å². The molecule has 1 aromatic rings. The van der Waals surface area contributed by atoms with Crippen molar-refractivity contribution in [1.29, 1.82) is 0 Å². The van der Waals surface area contributed by atoms with Gasteiger partial charge in [-0.05, 0) is 26.7 Å². The molecule has 1 aliphatic heterocycles. The molecule has 0 unspecified atom stereocenters. The zero-order chi connectivity index (χ0) is 14.0. The van der Waals surface area contributed by atoms with E-state index in [4.69, 9.17) is 0 Å². The molecule has 2 N–H and O–H groups in total. The van der Waals surface area contributed by atoms with E-state index in [9.17, 15) is 13.9 Å². The Balaban J connectivity index is 2.22. The predicted molar refractivity (Wildman–Crippen MR) is 70.4 cm³/mol. The lowest BCUT2D eigenvalue weighted by atomic mass is 9.94. The van der Waals surface area contributed by atoms with Gasteiger partial charge in [0.1, 0.15) is 0 Å². The number of rotatable bonds is 3. The molecular formula is C13H19F2N3O. The molecule has 0 spiro atoms. The third-order valence-corrected chi connectivity index (χ3v) is 3.40. The molecule has 0 saturated carbocycles. The first-order valence-electron chi connectivity index (χ1n) is 6.50. The maximum absolute atomic E-state index is 13.8. The molecule has 1 aromatic heterocycles. The quantitative estimate of drug-likeness (QED) is 0.884. The maximum atomic E-state index is 13.8. The van der Waals surface area contributed by atoms with Gasteiger partial charge >= 0.3 is 0 Å². The number of aromatic nitrogens is 1. The molecule has 0 aromatic carbocycles. The van der Waals surface area contributed by atoms with Gasteiger partial charge in [-0.15, -0.1) is 0 Å². The van der Waals surface area contributed by atoms with E-state index in [-0.39, 0.29) is 11.6 Å². The number of nitrogens with one attached hydrogen (secondary N) is 1. The van der Waals surface area contributed by atoms with Crippen molar-refractivity contribution in [3.8, 4) is 0 Å². The Morgan fingerprint density at radius 3 is 2.58 bits per heavy atom. The van der Waals surface area contributed by atoms with Crippen molar-refractivity contribution in [2.24, 2.45) is 0 Å². The van der Waals surface area contributed by atoms with Crippen LogP contribution in [0.5, 0.6) is 0 Å². The van der Waals surface area contributed by atoms with E-state index in [1.54, 1.807) is 11.8 Å². The van der Waals surface area contributed by atoms with E-state index in [1.165, 1.54) is 0 Å². The number of piperidine rings is 1. The molecule has 106 valence electrons. The summed E-state index contributed by atoms with van der Waals surface area (Å²) in [7, 11) is 0. The fourth-order valence-corrected chi connectivity index (χ4v) is 2.17. The number of hydrogen-bond acceptors (Lipinski definition) is 4. The van der Waals surface area contributed by atoms with Crippen molar-refractivity contribution in [1.82, 2.24) is 4.98 Å². The van der Waals surface area contributed by atoms with Crippen LogP contribution in [0.4, 0.5) is 20.4 Å². The second-order valence-electron chi connectivity index (χ2n) is 5.14. The van der Waals surface area contributed by atoms with Gasteiger partial charge in [-0.1, -0.05) is 0 Å². The number of anilines is 2. The number of aliphatic hydroxyl groups is 1. The van der Waals surface area contributed by atoms with Crippen molar-refractivity contribution in [2.75, 3.05) is 29.9 Å². The second-order valence-corrected chi connectivity index (χ2v) is 5.14. The molecule has 0 amide bonds. The number of hydrogen-bond donors (Lipinski definition) is 2. The molecule has 0 aliphatic carbocycles. The van der Waals surface area contributed by atoms with Crippen molar-refractivity contribution in [2.45, 2.75) is 32.3 Å². The van der Waals surface area contributed by atoms with Crippen molar-refractivity contribution in [3.63, 3.8) is 0 Å². The van der Waals surface area contributed by atoms with Crippen molar-refractivity contribution in [3.05, 3.63) is 17.7 Å². The monoisotopic (exact) mass is 271 g/mol. The average molecular weight is 271 g/mol. The SMILES string of the molecule is CCNc1nc(N2CCC(C)(O)CC2)c(F)cc1F. The maximum Gasteiger partial charge on any atom is 0.168 e. The summed E-state index contributed by atoms with van der Waals surface area (Å²) in [6, 6.07) is 0.854. The van der Waals surface area contributed by atoms with Gasteiger partial charge in [-0.2, -0.15) is 0 Å². The Labute approximate surface area is 111 Å². The fourth-order valence-electron chi connectivity index (χ4n) is 2.17. The van der Waals surface area contributed by atoms with Gasteiger partial charge in [-0.3, -0.25) is 0 Å². The van der Waals surface area contributed by atoms with E-state index in [0.29, 0.717) is 32.5 Å². The van der Waals surface area contributed by atoms with Crippen LogP contribution in [0.25, 0.3) is 0 Å². The van der Waals surface area contributed by atoms with Crippen molar-refractivity contribution >= 4 is 11.6 Å². The first-order valence-corrected chi connectivity index (χ1v) is 6.50. The highest BCUT2D eigenvalue weighted by molar-refractivity contribution is 5.49. The van der Waals surface area contributed by atoms with Gasteiger partial charge < -0.3 is 15.3 Å². The first kappa shape index (κ1) is 14.0. The molecule has 19 heavy (non-hydrogen) atoms. The Kier molecular flexibility index (Phi) is 3.89. The smallest absolute Gasteiger partial charge is 0.168 e. The van der Waals surface area contributed by atoms with Gasteiger partial charge in [0.05, 0.1) is 5.60 Å². The molecule has 1 aliphatic rings. The van der Waals surface area contributed by atoms with E-state index >= 15 is 0 Å². The lowest BCUT2D eigenvalue weighted by molar-refractivity contribution is 0.0349. The van der Waals surface area contributed by atoms with Crippen LogP contribution < -0.4 is 10.2 Å². The predicted octanol–water partition coefficient (Wildman–Crippen LogP) is 2.14. The van der Waals surface area contributed by atoms with E-state index in [1.807, 2.05) is 6.92 Å². The molecule has 2 rings (SSSR count). The molecule has 0 atom stereocenters. The summed E-state index contributed by atoms with van der Waals surface area (Å²) in [5.41, 5.74) is -0.711. The second kappa shape index (κ2) is 5.28. The molecule has 1 fully saturated rings. The largest absolute Gasteiger partial charge is 0.390 e. The van der Waals surface area contributed by atoms with Crippen LogP contribution in [-0.4, -0.2) is 35.3 Å². The highest BCUT2D eigenvalue weighted by Crippen LogP contribution is 2.28. The third-order valence-electron chi connectivity index (χ3n) is 3.40. The minimum atomic E-state index is -0.711. The fraction of sp³-hybridized carbons (Fsp3) is 0.615. The molecule has 2 heterocycles. The summed E-state index contributed by atoms with van der Waals surface area (Å²) < 4.78 is 27.3. The number of nitrogens with zero attached hydrogens (tertiary/aromatic N) is 2. The van der Waals surface area contributed by atoms with Gasteiger partial charge in [0.2, 0.25) is 0 Å². The lowest BCUT2D eigenvalue weighted by Crippen LogP contribution is -2.43. The van der Waals surface area contributed by atoms with Crippen LogP contribution in [0.3, 0.4) is 0 Å². The van der Waals surface area contributed by atoms with Gasteiger partial charge in [0, 0.05) is 25.7 Å². The Morgan fingerprint density at radius 2 is 2.00 bits per heavy atom. The van der Waals surface area contributed by atoms with E-state index in [0.717, 1.165) is 6.07 Å². The molecule has 1 saturated heterocycles. The summed E-state index contributed by atoms with van der Waals surface area (Å²) in [5.74, 6) is -1.14. The van der Waals surface area contributed by atoms with Crippen LogP contribution >= 0.6 is 0 Å². The van der Waals surface area contributed by atoms with Crippen molar-refractivity contribution < 1.29 is 13.9 Å². The average Bonchev–Trinajstić information content (AvgIpc) is 2.33. The zero-order valence-corrected chi connectivity index (χ0v) is 11.2. The van der Waals surface area contributed by atoms with E-state index in [2.05, 4.69) is 10.3 Å². The number of pyridine rings is 1. The summed E-state index contributed by atoms with van der Waals surface area (Å²) in [6.07, 6.45) is 1.09.